The molecule has 0 aliphatic carbocycles. The Morgan fingerprint density at radius 2 is 2.00 bits per heavy atom. The maximum atomic E-state index is 6.24. The number of likely N-dealkylation sites (tertiary alicyclic amines) is 1. The van der Waals surface area contributed by atoms with E-state index in [2.05, 4.69) is 31.1 Å². The lowest BCUT2D eigenvalue weighted by molar-refractivity contribution is 0.117. The molecule has 0 aromatic carbocycles. The van der Waals surface area contributed by atoms with E-state index in [0.29, 0.717) is 6.04 Å². The van der Waals surface area contributed by atoms with Crippen molar-refractivity contribution in [2.75, 3.05) is 20.1 Å². The number of thiophene rings is 1. The average molecular weight is 307 g/mol. The first-order valence-electron chi connectivity index (χ1n) is 6.33. The van der Waals surface area contributed by atoms with Crippen LogP contribution in [0.25, 0.3) is 0 Å². The molecule has 102 valence electrons. The molecule has 1 aliphatic rings. The van der Waals surface area contributed by atoms with Crippen LogP contribution >= 0.6 is 34.5 Å². The zero-order valence-corrected chi connectivity index (χ0v) is 13.4. The highest BCUT2D eigenvalue weighted by Crippen LogP contribution is 2.38. The second-order valence-corrected chi connectivity index (χ2v) is 7.59. The van der Waals surface area contributed by atoms with E-state index in [-0.39, 0.29) is 5.54 Å². The molecule has 2 rings (SSSR count). The molecule has 1 atom stereocenters. The summed E-state index contributed by atoms with van der Waals surface area (Å²) in [6.45, 7) is 6.71. The summed E-state index contributed by atoms with van der Waals surface area (Å²) >= 11 is 13.7. The average Bonchev–Trinajstić information content (AvgIpc) is 2.69. The van der Waals surface area contributed by atoms with Crippen LogP contribution in [0.3, 0.4) is 0 Å². The molecule has 0 saturated carbocycles. The quantitative estimate of drug-likeness (QED) is 0.901. The normalized spacial score (nSPS) is 22.1. The second-order valence-electron chi connectivity index (χ2n) is 5.30. The van der Waals surface area contributed by atoms with Gasteiger partial charge in [0, 0.05) is 30.2 Å². The van der Waals surface area contributed by atoms with Crippen LogP contribution in [0.15, 0.2) is 6.07 Å². The summed E-state index contributed by atoms with van der Waals surface area (Å²) in [7, 11) is 2.05. The van der Waals surface area contributed by atoms with Gasteiger partial charge in [0.25, 0.3) is 0 Å². The third kappa shape index (κ3) is 3.02. The van der Waals surface area contributed by atoms with E-state index in [1.54, 1.807) is 0 Å². The molecule has 1 fully saturated rings. The fourth-order valence-corrected chi connectivity index (χ4v) is 4.12. The van der Waals surface area contributed by atoms with Crippen molar-refractivity contribution >= 4 is 34.5 Å². The van der Waals surface area contributed by atoms with Gasteiger partial charge in [-0.15, -0.1) is 11.3 Å². The van der Waals surface area contributed by atoms with Crippen molar-refractivity contribution in [3.8, 4) is 0 Å². The lowest BCUT2D eigenvalue weighted by atomic mass is 9.89. The monoisotopic (exact) mass is 306 g/mol. The maximum Gasteiger partial charge on any atom is 0.0991 e. The SMILES string of the molecule is CNC1(C)CCN(C(C)c2cc(Cl)sc2Cl)CC1. The molecule has 0 radical (unpaired) electrons. The van der Waals surface area contributed by atoms with Gasteiger partial charge >= 0.3 is 0 Å². The number of halogens is 2. The van der Waals surface area contributed by atoms with Crippen molar-refractivity contribution in [1.29, 1.82) is 0 Å². The highest BCUT2D eigenvalue weighted by Gasteiger charge is 2.31. The first-order valence-corrected chi connectivity index (χ1v) is 7.90. The van der Waals surface area contributed by atoms with Crippen LogP contribution < -0.4 is 5.32 Å². The van der Waals surface area contributed by atoms with Crippen LogP contribution in [0.5, 0.6) is 0 Å². The van der Waals surface area contributed by atoms with Gasteiger partial charge in [0.05, 0.1) is 8.67 Å². The second kappa shape index (κ2) is 5.68. The van der Waals surface area contributed by atoms with E-state index in [4.69, 9.17) is 23.2 Å². The standard InChI is InChI=1S/C13H20Cl2N2S/c1-9(10-8-11(14)18-12(10)15)17-6-4-13(2,16-3)5-7-17/h8-9,16H,4-7H2,1-3H3. The minimum absolute atomic E-state index is 0.284. The maximum absolute atomic E-state index is 6.24. The van der Waals surface area contributed by atoms with Gasteiger partial charge in [-0.1, -0.05) is 23.2 Å². The van der Waals surface area contributed by atoms with Crippen molar-refractivity contribution in [2.24, 2.45) is 0 Å². The number of hydrogen-bond donors (Lipinski definition) is 1. The lowest BCUT2D eigenvalue weighted by Gasteiger charge is -2.41. The van der Waals surface area contributed by atoms with Gasteiger partial charge in [0.15, 0.2) is 0 Å². The summed E-state index contributed by atoms with van der Waals surface area (Å²) in [4.78, 5) is 2.49. The molecular formula is C13H20Cl2N2S. The molecule has 1 unspecified atom stereocenters. The first-order chi connectivity index (χ1) is 8.45. The van der Waals surface area contributed by atoms with Gasteiger partial charge in [-0.3, -0.25) is 4.90 Å². The molecule has 1 aliphatic heterocycles. The Morgan fingerprint density at radius 3 is 2.44 bits per heavy atom. The Balaban J connectivity index is 2.04. The topological polar surface area (TPSA) is 15.3 Å². The van der Waals surface area contributed by atoms with Crippen molar-refractivity contribution in [3.05, 3.63) is 20.3 Å². The van der Waals surface area contributed by atoms with E-state index in [9.17, 15) is 0 Å². The number of nitrogens with one attached hydrogen (secondary N) is 1. The summed E-state index contributed by atoms with van der Waals surface area (Å²) in [6.07, 6.45) is 2.34. The Morgan fingerprint density at radius 1 is 1.39 bits per heavy atom. The Labute approximate surface area is 123 Å². The number of piperidine rings is 1. The van der Waals surface area contributed by atoms with Crippen LogP contribution in [-0.4, -0.2) is 30.6 Å². The minimum Gasteiger partial charge on any atom is -0.314 e. The molecule has 1 saturated heterocycles. The van der Waals surface area contributed by atoms with Crippen LogP contribution in [0.4, 0.5) is 0 Å². The summed E-state index contributed by atoms with van der Waals surface area (Å²) in [5, 5.41) is 3.42. The number of nitrogens with zero attached hydrogens (tertiary/aromatic N) is 1. The highest BCUT2D eigenvalue weighted by molar-refractivity contribution is 7.20. The van der Waals surface area contributed by atoms with Gasteiger partial charge in [0.2, 0.25) is 0 Å². The van der Waals surface area contributed by atoms with Crippen LogP contribution in [0.1, 0.15) is 38.3 Å². The van der Waals surface area contributed by atoms with Crippen LogP contribution in [-0.2, 0) is 0 Å². The van der Waals surface area contributed by atoms with E-state index in [0.717, 1.165) is 21.8 Å². The van der Waals surface area contributed by atoms with Gasteiger partial charge in [-0.05, 0) is 39.8 Å². The molecular weight excluding hydrogens is 287 g/mol. The van der Waals surface area contributed by atoms with Crippen molar-refractivity contribution in [1.82, 2.24) is 10.2 Å². The highest BCUT2D eigenvalue weighted by atomic mass is 35.5. The molecule has 0 spiro atoms. The molecule has 0 amide bonds. The Kier molecular flexibility index (Phi) is 4.61. The number of hydrogen-bond acceptors (Lipinski definition) is 3. The molecule has 5 heteroatoms. The fourth-order valence-electron chi connectivity index (χ4n) is 2.49. The predicted molar refractivity (Wildman–Crippen MR) is 81.0 cm³/mol. The molecule has 0 bridgehead atoms. The van der Waals surface area contributed by atoms with Crippen LogP contribution in [0.2, 0.25) is 8.67 Å². The summed E-state index contributed by atoms with van der Waals surface area (Å²) < 4.78 is 1.60. The largest absolute Gasteiger partial charge is 0.314 e. The minimum atomic E-state index is 0.284. The third-order valence-electron chi connectivity index (χ3n) is 4.19. The Hall–Kier alpha value is 0.200. The molecule has 18 heavy (non-hydrogen) atoms. The van der Waals surface area contributed by atoms with Gasteiger partial charge in [-0.25, -0.2) is 0 Å². The van der Waals surface area contributed by atoms with E-state index < -0.39 is 0 Å². The first kappa shape index (κ1) is 14.6. The third-order valence-corrected chi connectivity index (χ3v) is 5.70. The number of rotatable bonds is 3. The van der Waals surface area contributed by atoms with Gasteiger partial charge in [0.1, 0.15) is 0 Å². The van der Waals surface area contributed by atoms with Gasteiger partial charge < -0.3 is 5.32 Å². The van der Waals surface area contributed by atoms with E-state index >= 15 is 0 Å². The predicted octanol–water partition coefficient (Wildman–Crippen LogP) is 4.19. The Bertz CT molecular complexity index is 411. The molecule has 1 N–H and O–H groups in total. The smallest absolute Gasteiger partial charge is 0.0991 e. The lowest BCUT2D eigenvalue weighted by Crippen LogP contribution is -2.50. The molecule has 2 heterocycles. The summed E-state index contributed by atoms with van der Waals surface area (Å²) in [5.74, 6) is 0. The summed E-state index contributed by atoms with van der Waals surface area (Å²) in [6, 6.07) is 2.35. The molecule has 1 aromatic heterocycles. The summed E-state index contributed by atoms with van der Waals surface area (Å²) in [5.41, 5.74) is 1.45. The zero-order valence-electron chi connectivity index (χ0n) is 11.1. The van der Waals surface area contributed by atoms with E-state index in [1.165, 1.54) is 29.7 Å². The van der Waals surface area contributed by atoms with Crippen molar-refractivity contribution < 1.29 is 0 Å². The van der Waals surface area contributed by atoms with E-state index in [1.807, 2.05) is 6.07 Å². The zero-order chi connectivity index (χ0) is 13.3. The molecule has 2 nitrogen and oxygen atoms in total. The van der Waals surface area contributed by atoms with Crippen LogP contribution in [0, 0.1) is 0 Å². The van der Waals surface area contributed by atoms with Crippen molar-refractivity contribution in [2.45, 2.75) is 38.3 Å². The fraction of sp³-hybridized carbons (Fsp3) is 0.692. The van der Waals surface area contributed by atoms with Gasteiger partial charge in [-0.2, -0.15) is 0 Å². The van der Waals surface area contributed by atoms with Crippen molar-refractivity contribution in [3.63, 3.8) is 0 Å². The molecule has 1 aromatic rings.